The van der Waals surface area contributed by atoms with Gasteiger partial charge in [-0.25, -0.2) is 9.78 Å². The molecule has 0 radical (unpaired) electrons. The maximum absolute atomic E-state index is 12.5. The van der Waals surface area contributed by atoms with E-state index < -0.39 is 60.2 Å². The second-order valence-electron chi connectivity index (χ2n) is 6.37. The van der Waals surface area contributed by atoms with Crippen LogP contribution in [0.5, 0.6) is 0 Å². The summed E-state index contributed by atoms with van der Waals surface area (Å²) >= 11 is 7.84. The smallest absolute Gasteiger partial charge is 0.326 e. The van der Waals surface area contributed by atoms with Gasteiger partial charge in [0.05, 0.1) is 18.8 Å². The molecule has 4 unspecified atom stereocenters. The summed E-state index contributed by atoms with van der Waals surface area (Å²) in [6.07, 6.45) is 1.73. The Morgan fingerprint density at radius 2 is 1.55 bits per heavy atom. The number of rotatable bonds is 13. The van der Waals surface area contributed by atoms with E-state index in [1.165, 1.54) is 12.5 Å². The van der Waals surface area contributed by atoms with Gasteiger partial charge >= 0.3 is 11.9 Å². The van der Waals surface area contributed by atoms with E-state index in [1.54, 1.807) is 0 Å². The van der Waals surface area contributed by atoms with Gasteiger partial charge < -0.3 is 36.9 Å². The largest absolute Gasteiger partial charge is 0.481 e. The van der Waals surface area contributed by atoms with Crippen LogP contribution in [-0.2, 0) is 30.4 Å². The Balaban J connectivity index is 2.88. The number of carbonyl (C=O) groups excluding carboxylic acids is 3. The van der Waals surface area contributed by atoms with Crippen molar-refractivity contribution in [1.82, 2.24) is 25.9 Å². The third kappa shape index (κ3) is 8.85. The molecule has 1 aromatic heterocycles. The number of hydrogen-bond acceptors (Lipinski definition) is 9. The van der Waals surface area contributed by atoms with Gasteiger partial charge in [-0.1, -0.05) is 0 Å². The topological polar surface area (TPSA) is 217 Å². The van der Waals surface area contributed by atoms with Crippen molar-refractivity contribution >= 4 is 54.9 Å². The molecule has 0 aliphatic rings. The summed E-state index contributed by atoms with van der Waals surface area (Å²) in [5.74, 6) is -5.54. The maximum atomic E-state index is 12.5. The summed E-state index contributed by atoms with van der Waals surface area (Å²) in [6.45, 7) is 0. The normalized spacial score (nSPS) is 14.5. The minimum atomic E-state index is -1.61. The lowest BCUT2D eigenvalue weighted by molar-refractivity contribution is -0.143. The molecule has 1 rings (SSSR count). The van der Waals surface area contributed by atoms with E-state index in [0.717, 1.165) is 0 Å². The number of imidazole rings is 1. The van der Waals surface area contributed by atoms with Gasteiger partial charge in [-0.15, -0.1) is 0 Å². The lowest BCUT2D eigenvalue weighted by Crippen LogP contribution is -2.58. The highest BCUT2D eigenvalue weighted by Gasteiger charge is 2.31. The molecule has 0 aliphatic carbocycles. The molecule has 0 bridgehead atoms. The van der Waals surface area contributed by atoms with Crippen LogP contribution in [0.4, 0.5) is 0 Å². The number of carboxylic acid groups (broad SMARTS) is 2. The van der Waals surface area contributed by atoms with E-state index in [9.17, 15) is 29.1 Å². The predicted molar refractivity (Wildman–Crippen MR) is 114 cm³/mol. The highest BCUT2D eigenvalue weighted by atomic mass is 32.1. The number of H-pyrrole nitrogens is 1. The zero-order chi connectivity index (χ0) is 23.6. The summed E-state index contributed by atoms with van der Waals surface area (Å²) < 4.78 is 0. The van der Waals surface area contributed by atoms with Gasteiger partial charge in [-0.05, 0) is 0 Å². The average molecular weight is 477 g/mol. The highest BCUT2D eigenvalue weighted by Crippen LogP contribution is 2.02. The molecule has 1 heterocycles. The molecule has 0 aliphatic heterocycles. The lowest BCUT2D eigenvalue weighted by Gasteiger charge is -2.23. The van der Waals surface area contributed by atoms with Crippen molar-refractivity contribution in [2.75, 3.05) is 11.5 Å². The first kappa shape index (κ1) is 26.3. The second kappa shape index (κ2) is 12.8. The Labute approximate surface area is 187 Å². The number of nitrogens with two attached hydrogens (primary N) is 1. The van der Waals surface area contributed by atoms with Gasteiger partial charge in [-0.3, -0.25) is 19.2 Å². The fourth-order valence-electron chi connectivity index (χ4n) is 2.30. The summed E-state index contributed by atoms with van der Waals surface area (Å²) in [4.78, 5) is 65.9. The Kier molecular flexibility index (Phi) is 10.8. The first-order valence-corrected chi connectivity index (χ1v) is 10.2. The number of aromatic amines is 1. The molecule has 4 atom stereocenters. The standard InChI is InChI=1S/C16H24N6O7S2/c17-8(4-30)13(25)22-11(5-31)15(27)20-9(2-12(23)24)14(26)21-10(16(28)29)1-7-3-18-6-19-7/h3,6,8-11,30-31H,1-2,4-5,17H2,(H,18,19)(H,20,27)(H,21,26)(H,22,25)(H,23,24)(H,28,29). The summed E-state index contributed by atoms with van der Waals surface area (Å²) in [6, 6.07) is -5.22. The van der Waals surface area contributed by atoms with Crippen molar-refractivity contribution in [2.24, 2.45) is 5.73 Å². The van der Waals surface area contributed by atoms with Crippen molar-refractivity contribution in [2.45, 2.75) is 37.0 Å². The van der Waals surface area contributed by atoms with E-state index in [4.69, 9.17) is 10.8 Å². The second-order valence-corrected chi connectivity index (χ2v) is 7.10. The minimum Gasteiger partial charge on any atom is -0.481 e. The number of aromatic nitrogens is 2. The van der Waals surface area contributed by atoms with Crippen molar-refractivity contribution in [3.8, 4) is 0 Å². The predicted octanol–water partition coefficient (Wildman–Crippen LogP) is -2.85. The van der Waals surface area contributed by atoms with E-state index in [2.05, 4.69) is 51.2 Å². The highest BCUT2D eigenvalue weighted by molar-refractivity contribution is 7.80. The number of hydrogen-bond donors (Lipinski definition) is 9. The fraction of sp³-hybridized carbons (Fsp3) is 0.500. The molecule has 31 heavy (non-hydrogen) atoms. The molecule has 13 nitrogen and oxygen atoms in total. The number of nitrogens with zero attached hydrogens (tertiary/aromatic N) is 1. The van der Waals surface area contributed by atoms with Crippen LogP contribution in [0.1, 0.15) is 12.1 Å². The van der Waals surface area contributed by atoms with Crippen LogP contribution >= 0.6 is 25.3 Å². The van der Waals surface area contributed by atoms with Crippen LogP contribution in [0.2, 0.25) is 0 Å². The summed E-state index contributed by atoms with van der Waals surface area (Å²) in [5, 5.41) is 25.1. The summed E-state index contributed by atoms with van der Waals surface area (Å²) in [7, 11) is 0. The molecule has 15 heteroatoms. The van der Waals surface area contributed by atoms with Gasteiger partial charge in [0, 0.05) is 29.8 Å². The van der Waals surface area contributed by atoms with Gasteiger partial charge in [0.1, 0.15) is 18.1 Å². The third-order valence-corrected chi connectivity index (χ3v) is 4.71. The quantitative estimate of drug-likeness (QED) is 0.134. The van der Waals surface area contributed by atoms with E-state index in [0.29, 0.717) is 5.69 Å². The minimum absolute atomic E-state index is 0.0176. The number of amides is 3. The number of carbonyl (C=O) groups is 5. The van der Waals surface area contributed by atoms with Crippen LogP contribution in [0.15, 0.2) is 12.5 Å². The average Bonchev–Trinajstić information content (AvgIpc) is 3.22. The maximum Gasteiger partial charge on any atom is 0.326 e. The van der Waals surface area contributed by atoms with Gasteiger partial charge in [0.15, 0.2) is 0 Å². The first-order valence-electron chi connectivity index (χ1n) is 8.89. The van der Waals surface area contributed by atoms with E-state index in [1.807, 2.05) is 0 Å². The van der Waals surface area contributed by atoms with Crippen molar-refractivity contribution in [3.63, 3.8) is 0 Å². The van der Waals surface area contributed by atoms with Gasteiger partial charge in [-0.2, -0.15) is 25.3 Å². The molecule has 0 saturated heterocycles. The monoisotopic (exact) mass is 476 g/mol. The lowest BCUT2D eigenvalue weighted by atomic mass is 10.1. The van der Waals surface area contributed by atoms with Gasteiger partial charge in [0.25, 0.3) is 0 Å². The van der Waals surface area contributed by atoms with E-state index in [-0.39, 0.29) is 17.9 Å². The number of nitrogens with one attached hydrogen (secondary N) is 4. The Morgan fingerprint density at radius 3 is 2.03 bits per heavy atom. The number of carboxylic acids is 2. The van der Waals surface area contributed by atoms with Crippen LogP contribution < -0.4 is 21.7 Å². The molecule has 0 aromatic carbocycles. The Bertz CT molecular complexity index is 791. The van der Waals surface area contributed by atoms with Crippen molar-refractivity contribution < 1.29 is 34.2 Å². The van der Waals surface area contributed by atoms with Crippen molar-refractivity contribution in [3.05, 3.63) is 18.2 Å². The van der Waals surface area contributed by atoms with Crippen molar-refractivity contribution in [1.29, 1.82) is 0 Å². The van der Waals surface area contributed by atoms with Crippen LogP contribution in [0, 0.1) is 0 Å². The molecule has 1 aromatic rings. The Morgan fingerprint density at radius 1 is 0.968 bits per heavy atom. The molecule has 3 amide bonds. The number of aliphatic carboxylic acids is 2. The number of thiol groups is 2. The van der Waals surface area contributed by atoms with Crippen LogP contribution in [-0.4, -0.2) is 85.5 Å². The zero-order valence-corrected chi connectivity index (χ0v) is 17.9. The summed E-state index contributed by atoms with van der Waals surface area (Å²) in [5.41, 5.74) is 5.95. The first-order chi connectivity index (χ1) is 14.6. The molecule has 0 saturated carbocycles. The zero-order valence-electron chi connectivity index (χ0n) is 16.1. The molecule has 0 fully saturated rings. The molecule has 8 N–H and O–H groups in total. The van der Waals surface area contributed by atoms with Crippen LogP contribution in [0.25, 0.3) is 0 Å². The van der Waals surface area contributed by atoms with E-state index >= 15 is 0 Å². The Hall–Kier alpha value is -2.78. The molecular weight excluding hydrogens is 452 g/mol. The fourth-order valence-corrected chi connectivity index (χ4v) is 2.72. The molecule has 172 valence electrons. The SMILES string of the molecule is NC(CS)C(=O)NC(CS)C(=O)NC(CC(=O)O)C(=O)NC(Cc1cnc[nH]1)C(=O)O. The molecular formula is C16H24N6O7S2. The van der Waals surface area contributed by atoms with Crippen LogP contribution in [0.3, 0.4) is 0 Å². The molecule has 0 spiro atoms. The third-order valence-electron chi connectivity index (χ3n) is 3.95. The van der Waals surface area contributed by atoms with Gasteiger partial charge in [0.2, 0.25) is 17.7 Å².